The lowest BCUT2D eigenvalue weighted by Crippen LogP contribution is -2.39. The van der Waals surface area contributed by atoms with Crippen LogP contribution in [0.2, 0.25) is 0 Å². The highest BCUT2D eigenvalue weighted by Gasteiger charge is 2.52. The highest BCUT2D eigenvalue weighted by atomic mass is 16.6. The summed E-state index contributed by atoms with van der Waals surface area (Å²) in [5.41, 5.74) is -1.14. The minimum atomic E-state index is -1.31. The van der Waals surface area contributed by atoms with Crippen molar-refractivity contribution in [1.82, 2.24) is 0 Å². The molecule has 1 heterocycles. The number of hydrogen-bond donors (Lipinski definition) is 1. The number of esters is 1. The van der Waals surface area contributed by atoms with Crippen molar-refractivity contribution in [3.05, 3.63) is 0 Å². The number of hydrogen-bond acceptors (Lipinski definition) is 4. The molecule has 6 atom stereocenters. The Morgan fingerprint density at radius 2 is 2.04 bits per heavy atom. The van der Waals surface area contributed by atoms with Crippen LogP contribution in [-0.4, -0.2) is 28.6 Å². The van der Waals surface area contributed by atoms with E-state index in [-0.39, 0.29) is 17.4 Å². The summed E-state index contributed by atoms with van der Waals surface area (Å²) < 4.78 is 5.30. The fourth-order valence-electron chi connectivity index (χ4n) is 5.56. The van der Waals surface area contributed by atoms with Crippen LogP contribution < -0.4 is 0 Å². The number of cyclic esters (lactones) is 1. The number of carbonyl (C=O) groups excluding carboxylic acids is 2. The van der Waals surface area contributed by atoms with Crippen molar-refractivity contribution in [2.45, 2.75) is 83.8 Å². The van der Waals surface area contributed by atoms with Gasteiger partial charge in [-0.3, -0.25) is 4.79 Å². The van der Waals surface area contributed by atoms with Crippen LogP contribution in [0.25, 0.3) is 0 Å². The molecule has 0 bridgehead atoms. The van der Waals surface area contributed by atoms with Gasteiger partial charge in [-0.2, -0.15) is 0 Å². The van der Waals surface area contributed by atoms with Crippen LogP contribution >= 0.6 is 0 Å². The second-order valence-electron chi connectivity index (χ2n) is 8.62. The van der Waals surface area contributed by atoms with Crippen LogP contribution in [0, 0.1) is 23.2 Å². The number of fused-ring (bicyclic) bond motifs is 1. The Labute approximate surface area is 139 Å². The fraction of sp³-hybridized carbons (Fsp3) is 0.895. The maximum absolute atomic E-state index is 12.2. The molecule has 23 heavy (non-hydrogen) atoms. The highest BCUT2D eigenvalue weighted by Crippen LogP contribution is 2.57. The largest absolute Gasteiger partial charge is 0.460 e. The van der Waals surface area contributed by atoms with E-state index in [2.05, 4.69) is 13.8 Å². The molecule has 0 spiro atoms. The van der Waals surface area contributed by atoms with Gasteiger partial charge in [0.2, 0.25) is 0 Å². The molecule has 3 aliphatic rings. The lowest BCUT2D eigenvalue weighted by atomic mass is 9.62. The second-order valence-corrected chi connectivity index (χ2v) is 8.62. The third kappa shape index (κ3) is 2.95. The minimum absolute atomic E-state index is 0.155. The summed E-state index contributed by atoms with van der Waals surface area (Å²) in [6, 6.07) is 0. The van der Waals surface area contributed by atoms with E-state index < -0.39 is 11.6 Å². The Hall–Kier alpha value is -0.900. The number of carbonyl (C=O) groups is 2. The Balaban J connectivity index is 1.58. The zero-order valence-electron chi connectivity index (χ0n) is 14.6. The molecule has 3 rings (SSSR count). The zero-order valence-corrected chi connectivity index (χ0v) is 14.6. The van der Waals surface area contributed by atoms with Crippen LogP contribution in [0.4, 0.5) is 0 Å². The normalized spacial score (nSPS) is 45.0. The number of aliphatic hydroxyl groups is 1. The third-order valence-electron chi connectivity index (χ3n) is 6.91. The summed E-state index contributed by atoms with van der Waals surface area (Å²) in [7, 11) is 0. The van der Waals surface area contributed by atoms with Crippen LogP contribution in [0.15, 0.2) is 0 Å². The van der Waals surface area contributed by atoms with Gasteiger partial charge < -0.3 is 9.84 Å². The summed E-state index contributed by atoms with van der Waals surface area (Å²) in [6.45, 7) is 6.14. The van der Waals surface area contributed by atoms with Gasteiger partial charge in [0.15, 0.2) is 5.60 Å². The van der Waals surface area contributed by atoms with Crippen LogP contribution in [0.5, 0.6) is 0 Å². The molecule has 1 saturated heterocycles. The van der Waals surface area contributed by atoms with Gasteiger partial charge in [0.05, 0.1) is 0 Å². The first kappa shape index (κ1) is 16.9. The van der Waals surface area contributed by atoms with Crippen molar-refractivity contribution in [2.75, 3.05) is 0 Å². The molecule has 0 aromatic heterocycles. The summed E-state index contributed by atoms with van der Waals surface area (Å²) in [5, 5.41) is 9.92. The molecule has 5 unspecified atom stereocenters. The standard InChI is InChI=1S/C19H30O4/c1-12(6-7-13-11-19(3,22)17(21)23-13)14-8-9-15-16(20)5-4-10-18(14,15)2/h12-15,22H,4-11H2,1-3H3/t12?,13?,14?,15?,18?,19-/m1/s1. The predicted molar refractivity (Wildman–Crippen MR) is 86.7 cm³/mol. The van der Waals surface area contributed by atoms with E-state index in [1.54, 1.807) is 0 Å². The van der Waals surface area contributed by atoms with Gasteiger partial charge in [-0.1, -0.05) is 13.8 Å². The number of Topliss-reactive ketones (excluding diaryl/α,β-unsaturated/α-hetero) is 1. The van der Waals surface area contributed by atoms with E-state index in [0.29, 0.717) is 24.0 Å². The van der Waals surface area contributed by atoms with Gasteiger partial charge in [0.25, 0.3) is 0 Å². The van der Waals surface area contributed by atoms with Gasteiger partial charge in [0, 0.05) is 18.8 Å². The van der Waals surface area contributed by atoms with Crippen molar-refractivity contribution in [3.63, 3.8) is 0 Å². The van der Waals surface area contributed by atoms with Crippen LogP contribution in [0.1, 0.15) is 72.1 Å². The number of ketones is 1. The topological polar surface area (TPSA) is 63.6 Å². The second kappa shape index (κ2) is 5.87. The van der Waals surface area contributed by atoms with Gasteiger partial charge in [-0.05, 0) is 62.7 Å². The molecular weight excluding hydrogens is 292 g/mol. The monoisotopic (exact) mass is 322 g/mol. The molecule has 0 radical (unpaired) electrons. The predicted octanol–water partition coefficient (Wildman–Crippen LogP) is 3.25. The Kier molecular flexibility index (Phi) is 4.33. The van der Waals surface area contributed by atoms with E-state index >= 15 is 0 Å². The lowest BCUT2D eigenvalue weighted by Gasteiger charge is -2.42. The van der Waals surface area contributed by atoms with E-state index in [1.807, 2.05) is 0 Å². The highest BCUT2D eigenvalue weighted by molar-refractivity contribution is 5.83. The van der Waals surface area contributed by atoms with Crippen molar-refractivity contribution in [1.29, 1.82) is 0 Å². The zero-order chi connectivity index (χ0) is 16.8. The minimum Gasteiger partial charge on any atom is -0.460 e. The van der Waals surface area contributed by atoms with Gasteiger partial charge in [0.1, 0.15) is 11.9 Å². The summed E-state index contributed by atoms with van der Waals surface area (Å²) in [4.78, 5) is 23.8. The molecule has 3 fully saturated rings. The maximum Gasteiger partial charge on any atom is 0.338 e. The van der Waals surface area contributed by atoms with Gasteiger partial charge >= 0.3 is 5.97 Å². The molecule has 1 N–H and O–H groups in total. The number of rotatable bonds is 4. The maximum atomic E-state index is 12.2. The van der Waals surface area contributed by atoms with Crippen molar-refractivity contribution in [2.24, 2.45) is 23.2 Å². The average molecular weight is 322 g/mol. The van der Waals surface area contributed by atoms with E-state index in [0.717, 1.165) is 38.5 Å². The van der Waals surface area contributed by atoms with Gasteiger partial charge in [-0.25, -0.2) is 4.79 Å². The van der Waals surface area contributed by atoms with Crippen molar-refractivity contribution >= 4 is 11.8 Å². The third-order valence-corrected chi connectivity index (χ3v) is 6.91. The van der Waals surface area contributed by atoms with E-state index in [9.17, 15) is 14.7 Å². The van der Waals surface area contributed by atoms with E-state index in [1.165, 1.54) is 13.3 Å². The molecule has 1 aliphatic heterocycles. The molecule has 0 aromatic rings. The van der Waals surface area contributed by atoms with Crippen LogP contribution in [-0.2, 0) is 14.3 Å². The first-order valence-electron chi connectivity index (χ1n) is 9.20. The number of ether oxygens (including phenoxy) is 1. The Bertz CT molecular complexity index is 498. The molecular formula is C19H30O4. The molecule has 0 amide bonds. The van der Waals surface area contributed by atoms with E-state index in [4.69, 9.17) is 4.74 Å². The molecule has 2 aliphatic carbocycles. The smallest absolute Gasteiger partial charge is 0.338 e. The molecule has 2 saturated carbocycles. The summed E-state index contributed by atoms with van der Waals surface area (Å²) in [6.07, 6.45) is 7.25. The molecule has 4 nitrogen and oxygen atoms in total. The molecule has 4 heteroatoms. The molecule has 0 aromatic carbocycles. The Morgan fingerprint density at radius 3 is 2.70 bits per heavy atom. The Morgan fingerprint density at radius 1 is 1.30 bits per heavy atom. The quantitative estimate of drug-likeness (QED) is 0.807. The van der Waals surface area contributed by atoms with Gasteiger partial charge in [-0.15, -0.1) is 0 Å². The lowest BCUT2D eigenvalue weighted by molar-refractivity contribution is -0.153. The van der Waals surface area contributed by atoms with Crippen molar-refractivity contribution < 1.29 is 19.4 Å². The fourth-order valence-corrected chi connectivity index (χ4v) is 5.56. The SMILES string of the molecule is CC(CCC1C[C@@](C)(O)C(=O)O1)C1CCC2C(=O)CCCC21C. The first-order chi connectivity index (χ1) is 10.7. The average Bonchev–Trinajstić information content (AvgIpc) is 2.94. The summed E-state index contributed by atoms with van der Waals surface area (Å²) in [5.74, 6) is 1.39. The van der Waals surface area contributed by atoms with Crippen LogP contribution in [0.3, 0.4) is 0 Å². The van der Waals surface area contributed by atoms with Crippen molar-refractivity contribution in [3.8, 4) is 0 Å². The molecule has 130 valence electrons. The summed E-state index contributed by atoms with van der Waals surface area (Å²) >= 11 is 0. The first-order valence-corrected chi connectivity index (χ1v) is 9.20.